The lowest BCUT2D eigenvalue weighted by atomic mass is 10.2. The maximum Gasteiger partial charge on any atom is 0.335 e. The average molecular weight is 314 g/mol. The molecule has 116 valence electrons. The molecule has 7 heteroatoms. The smallest absolute Gasteiger partial charge is 0.335 e. The van der Waals surface area contributed by atoms with Gasteiger partial charge in [-0.25, -0.2) is 9.59 Å². The first-order valence-corrected chi connectivity index (χ1v) is 6.88. The fourth-order valence-corrected chi connectivity index (χ4v) is 1.86. The van der Waals surface area contributed by atoms with Crippen molar-refractivity contribution in [3.05, 3.63) is 28.8 Å². The molecule has 0 saturated heterocycles. The van der Waals surface area contributed by atoms with Gasteiger partial charge in [0, 0.05) is 13.6 Å². The SMILES string of the molecule is CN(C)CCCN(C)C(=O)Nc1cc(C(=O)O)ccc1Cl. The van der Waals surface area contributed by atoms with Crippen molar-refractivity contribution >= 4 is 29.3 Å². The Hall–Kier alpha value is -1.79. The fourth-order valence-electron chi connectivity index (χ4n) is 1.69. The number of aromatic carboxylic acids is 1. The molecule has 0 unspecified atom stereocenters. The molecule has 0 aliphatic rings. The molecule has 0 bridgehead atoms. The Morgan fingerprint density at radius 3 is 2.48 bits per heavy atom. The number of carbonyl (C=O) groups is 2. The summed E-state index contributed by atoms with van der Waals surface area (Å²) < 4.78 is 0. The van der Waals surface area contributed by atoms with Crippen molar-refractivity contribution in [2.45, 2.75) is 6.42 Å². The van der Waals surface area contributed by atoms with E-state index >= 15 is 0 Å². The molecule has 21 heavy (non-hydrogen) atoms. The summed E-state index contributed by atoms with van der Waals surface area (Å²) in [4.78, 5) is 26.5. The zero-order chi connectivity index (χ0) is 16.0. The van der Waals surface area contributed by atoms with Crippen LogP contribution in [0.5, 0.6) is 0 Å². The van der Waals surface area contributed by atoms with Gasteiger partial charge in [0.25, 0.3) is 0 Å². The summed E-state index contributed by atoms with van der Waals surface area (Å²) in [5.41, 5.74) is 0.367. The van der Waals surface area contributed by atoms with Crippen LogP contribution in [0.25, 0.3) is 0 Å². The van der Waals surface area contributed by atoms with Gasteiger partial charge < -0.3 is 20.2 Å². The van der Waals surface area contributed by atoms with Crippen molar-refractivity contribution in [3.8, 4) is 0 Å². The van der Waals surface area contributed by atoms with E-state index in [2.05, 4.69) is 5.32 Å². The van der Waals surface area contributed by atoms with Crippen LogP contribution >= 0.6 is 11.6 Å². The number of carbonyl (C=O) groups excluding carboxylic acids is 1. The number of anilines is 1. The maximum absolute atomic E-state index is 12.0. The van der Waals surface area contributed by atoms with Crippen LogP contribution in [0.15, 0.2) is 18.2 Å². The molecule has 0 saturated carbocycles. The van der Waals surface area contributed by atoms with E-state index in [9.17, 15) is 9.59 Å². The minimum atomic E-state index is -1.07. The van der Waals surface area contributed by atoms with E-state index in [-0.39, 0.29) is 11.6 Å². The first-order valence-electron chi connectivity index (χ1n) is 6.51. The molecule has 1 rings (SSSR count). The van der Waals surface area contributed by atoms with Gasteiger partial charge in [0.15, 0.2) is 0 Å². The molecule has 0 aromatic heterocycles. The van der Waals surface area contributed by atoms with E-state index in [0.29, 0.717) is 17.3 Å². The van der Waals surface area contributed by atoms with Gasteiger partial charge in [-0.2, -0.15) is 0 Å². The summed E-state index contributed by atoms with van der Waals surface area (Å²) in [5, 5.41) is 11.9. The van der Waals surface area contributed by atoms with E-state index in [4.69, 9.17) is 16.7 Å². The number of nitrogens with zero attached hydrogens (tertiary/aromatic N) is 2. The number of carboxylic acids is 1. The molecular formula is C14H20ClN3O3. The van der Waals surface area contributed by atoms with Gasteiger partial charge in [-0.1, -0.05) is 11.6 Å². The molecule has 0 fully saturated rings. The van der Waals surface area contributed by atoms with E-state index in [0.717, 1.165) is 13.0 Å². The molecule has 0 aliphatic heterocycles. The standard InChI is InChI=1S/C14H20ClN3O3/c1-17(2)7-4-8-18(3)14(21)16-12-9-10(13(19)20)5-6-11(12)15/h5-6,9H,4,7-8H2,1-3H3,(H,16,21)(H,19,20). The zero-order valence-corrected chi connectivity index (χ0v) is 13.1. The van der Waals surface area contributed by atoms with Crippen LogP contribution in [0.3, 0.4) is 0 Å². The van der Waals surface area contributed by atoms with Gasteiger partial charge in [-0.15, -0.1) is 0 Å². The van der Waals surface area contributed by atoms with E-state index in [1.165, 1.54) is 23.1 Å². The van der Waals surface area contributed by atoms with Gasteiger partial charge in [0.05, 0.1) is 16.3 Å². The number of urea groups is 1. The van der Waals surface area contributed by atoms with Gasteiger partial charge in [-0.3, -0.25) is 0 Å². The van der Waals surface area contributed by atoms with Crippen molar-refractivity contribution < 1.29 is 14.7 Å². The third-order valence-corrected chi connectivity index (χ3v) is 3.23. The Kier molecular flexibility index (Phi) is 6.45. The van der Waals surface area contributed by atoms with Crippen LogP contribution in [0.4, 0.5) is 10.5 Å². The summed E-state index contributed by atoms with van der Waals surface area (Å²) in [5.74, 6) is -1.07. The van der Waals surface area contributed by atoms with Crippen LogP contribution in [0.1, 0.15) is 16.8 Å². The number of carboxylic acid groups (broad SMARTS) is 1. The molecule has 2 amide bonds. The highest BCUT2D eigenvalue weighted by Gasteiger charge is 2.13. The molecule has 6 nitrogen and oxygen atoms in total. The summed E-state index contributed by atoms with van der Waals surface area (Å²) in [6.45, 7) is 1.48. The summed E-state index contributed by atoms with van der Waals surface area (Å²) >= 11 is 5.96. The van der Waals surface area contributed by atoms with Crippen molar-refractivity contribution in [2.75, 3.05) is 39.5 Å². The van der Waals surface area contributed by atoms with Gasteiger partial charge >= 0.3 is 12.0 Å². The lowest BCUT2D eigenvalue weighted by Gasteiger charge is -2.19. The lowest BCUT2D eigenvalue weighted by molar-refractivity contribution is 0.0697. The van der Waals surface area contributed by atoms with Crippen LogP contribution in [0, 0.1) is 0 Å². The highest BCUT2D eigenvalue weighted by atomic mass is 35.5. The summed E-state index contributed by atoms with van der Waals surface area (Å²) in [6, 6.07) is 3.86. The molecule has 0 spiro atoms. The van der Waals surface area contributed by atoms with Gasteiger partial charge in [-0.05, 0) is 45.3 Å². The second-order valence-electron chi connectivity index (χ2n) is 5.01. The second kappa shape index (κ2) is 7.85. The van der Waals surface area contributed by atoms with E-state index in [1.807, 2.05) is 19.0 Å². The monoisotopic (exact) mass is 313 g/mol. The minimum Gasteiger partial charge on any atom is -0.478 e. The number of rotatable bonds is 6. The van der Waals surface area contributed by atoms with Gasteiger partial charge in [0.2, 0.25) is 0 Å². The molecule has 0 heterocycles. The Morgan fingerprint density at radius 2 is 1.90 bits per heavy atom. The molecule has 0 aliphatic carbocycles. The topological polar surface area (TPSA) is 72.9 Å². The highest BCUT2D eigenvalue weighted by Crippen LogP contribution is 2.23. The molecule has 1 aromatic carbocycles. The van der Waals surface area contributed by atoms with Crippen molar-refractivity contribution in [1.82, 2.24) is 9.80 Å². The highest BCUT2D eigenvalue weighted by molar-refractivity contribution is 6.33. The lowest BCUT2D eigenvalue weighted by Crippen LogP contribution is -2.33. The molecule has 0 atom stereocenters. The third-order valence-electron chi connectivity index (χ3n) is 2.90. The second-order valence-corrected chi connectivity index (χ2v) is 5.42. The zero-order valence-electron chi connectivity index (χ0n) is 12.4. The Labute approximate surface area is 129 Å². The Morgan fingerprint density at radius 1 is 1.24 bits per heavy atom. The van der Waals surface area contributed by atoms with E-state index in [1.54, 1.807) is 7.05 Å². The Bertz CT molecular complexity index is 520. The van der Waals surface area contributed by atoms with Gasteiger partial charge in [0.1, 0.15) is 0 Å². The van der Waals surface area contributed by atoms with E-state index < -0.39 is 5.97 Å². The summed E-state index contributed by atoms with van der Waals surface area (Å²) in [7, 11) is 5.62. The summed E-state index contributed by atoms with van der Waals surface area (Å²) in [6.07, 6.45) is 0.847. The van der Waals surface area contributed by atoms with Crippen LogP contribution in [-0.4, -0.2) is 61.1 Å². The fraction of sp³-hybridized carbons (Fsp3) is 0.429. The van der Waals surface area contributed by atoms with Crippen molar-refractivity contribution in [2.24, 2.45) is 0 Å². The number of hydrogen-bond donors (Lipinski definition) is 2. The van der Waals surface area contributed by atoms with Crippen LogP contribution in [-0.2, 0) is 0 Å². The molecular weight excluding hydrogens is 294 g/mol. The number of amides is 2. The predicted molar refractivity (Wildman–Crippen MR) is 83.2 cm³/mol. The normalized spacial score (nSPS) is 10.5. The largest absolute Gasteiger partial charge is 0.478 e. The quantitative estimate of drug-likeness (QED) is 0.846. The van der Waals surface area contributed by atoms with Crippen molar-refractivity contribution in [1.29, 1.82) is 0 Å². The van der Waals surface area contributed by atoms with Crippen LogP contribution < -0.4 is 5.32 Å². The first-order chi connectivity index (χ1) is 9.81. The average Bonchev–Trinajstić information content (AvgIpc) is 2.40. The third kappa shape index (κ3) is 5.61. The number of hydrogen-bond acceptors (Lipinski definition) is 3. The molecule has 0 radical (unpaired) electrons. The molecule has 1 aromatic rings. The Balaban J connectivity index is 2.65. The van der Waals surface area contributed by atoms with Crippen molar-refractivity contribution in [3.63, 3.8) is 0 Å². The molecule has 2 N–H and O–H groups in total. The predicted octanol–water partition coefficient (Wildman–Crippen LogP) is 2.45. The minimum absolute atomic E-state index is 0.0740. The maximum atomic E-state index is 12.0. The number of nitrogens with one attached hydrogen (secondary N) is 1. The van der Waals surface area contributed by atoms with Crippen LogP contribution in [0.2, 0.25) is 5.02 Å². The number of halogens is 1. The first kappa shape index (κ1) is 17.3. The number of benzene rings is 1.